The fraction of sp³-hybridized carbons (Fsp3) is 0. The Bertz CT molecular complexity index is 2160. The Labute approximate surface area is 232 Å². The molecule has 0 saturated heterocycles. The molecule has 0 amide bonds. The van der Waals surface area contributed by atoms with Crippen LogP contribution in [0.1, 0.15) is 0 Å². The standard InChI is InChI=1S/C38H25NO/c1-2-13-31(14-3-1)39(32-22-20-27(21-23-32)29-19-18-26-10-4-5-11-28(26)24-29)35-25-30-12-6-7-15-33(30)37-34-16-8-9-17-36(34)40-38(35)37/h1-25H. The maximum Gasteiger partial charge on any atom is 0.160 e. The summed E-state index contributed by atoms with van der Waals surface area (Å²) in [5.74, 6) is 0. The second-order valence-corrected chi connectivity index (χ2v) is 10.2. The van der Waals surface area contributed by atoms with Gasteiger partial charge >= 0.3 is 0 Å². The van der Waals surface area contributed by atoms with Gasteiger partial charge in [0.1, 0.15) is 5.58 Å². The van der Waals surface area contributed by atoms with Gasteiger partial charge in [-0.1, -0.05) is 109 Å². The van der Waals surface area contributed by atoms with Crippen LogP contribution in [0.25, 0.3) is 54.6 Å². The quantitative estimate of drug-likeness (QED) is 0.234. The van der Waals surface area contributed by atoms with E-state index in [0.29, 0.717) is 0 Å². The first-order valence-electron chi connectivity index (χ1n) is 13.6. The van der Waals surface area contributed by atoms with Gasteiger partial charge in [0.25, 0.3) is 0 Å². The van der Waals surface area contributed by atoms with Crippen molar-refractivity contribution in [2.45, 2.75) is 0 Å². The van der Waals surface area contributed by atoms with Crippen LogP contribution in [0.5, 0.6) is 0 Å². The zero-order valence-electron chi connectivity index (χ0n) is 21.8. The molecule has 0 aliphatic carbocycles. The minimum Gasteiger partial charge on any atom is -0.454 e. The van der Waals surface area contributed by atoms with E-state index in [9.17, 15) is 0 Å². The van der Waals surface area contributed by atoms with E-state index in [-0.39, 0.29) is 0 Å². The number of hydrogen-bond donors (Lipinski definition) is 0. The molecule has 2 heteroatoms. The Balaban J connectivity index is 1.34. The van der Waals surface area contributed by atoms with E-state index >= 15 is 0 Å². The van der Waals surface area contributed by atoms with Gasteiger partial charge in [-0.25, -0.2) is 0 Å². The Kier molecular flexibility index (Phi) is 5.17. The lowest BCUT2D eigenvalue weighted by Crippen LogP contribution is -2.10. The highest BCUT2D eigenvalue weighted by Gasteiger charge is 2.21. The van der Waals surface area contributed by atoms with Crippen molar-refractivity contribution in [3.8, 4) is 11.1 Å². The number of fused-ring (bicyclic) bond motifs is 6. The lowest BCUT2D eigenvalue weighted by atomic mass is 10.00. The molecular formula is C38H25NO. The monoisotopic (exact) mass is 511 g/mol. The summed E-state index contributed by atoms with van der Waals surface area (Å²) in [6.45, 7) is 0. The van der Waals surface area contributed by atoms with Crippen LogP contribution in [0.15, 0.2) is 156 Å². The molecule has 1 heterocycles. The normalized spacial score (nSPS) is 11.5. The third-order valence-corrected chi connectivity index (χ3v) is 7.81. The highest BCUT2D eigenvalue weighted by atomic mass is 16.3. The van der Waals surface area contributed by atoms with Gasteiger partial charge in [-0.3, -0.25) is 0 Å². The molecule has 0 bridgehead atoms. The molecule has 0 unspecified atom stereocenters. The molecule has 0 spiro atoms. The lowest BCUT2D eigenvalue weighted by Gasteiger charge is -2.26. The molecule has 0 aliphatic rings. The fourth-order valence-corrected chi connectivity index (χ4v) is 5.90. The van der Waals surface area contributed by atoms with Crippen LogP contribution < -0.4 is 4.90 Å². The molecule has 40 heavy (non-hydrogen) atoms. The molecule has 0 radical (unpaired) electrons. The van der Waals surface area contributed by atoms with Crippen molar-refractivity contribution < 1.29 is 4.42 Å². The van der Waals surface area contributed by atoms with Crippen molar-refractivity contribution in [3.63, 3.8) is 0 Å². The zero-order chi connectivity index (χ0) is 26.5. The van der Waals surface area contributed by atoms with Crippen LogP contribution >= 0.6 is 0 Å². The number of furan rings is 1. The molecule has 8 aromatic rings. The maximum absolute atomic E-state index is 6.61. The summed E-state index contributed by atoms with van der Waals surface area (Å²) in [4.78, 5) is 2.31. The van der Waals surface area contributed by atoms with Crippen molar-refractivity contribution in [1.29, 1.82) is 0 Å². The highest BCUT2D eigenvalue weighted by molar-refractivity contribution is 6.22. The van der Waals surface area contributed by atoms with Gasteiger partial charge in [0.2, 0.25) is 0 Å². The van der Waals surface area contributed by atoms with E-state index in [1.54, 1.807) is 0 Å². The van der Waals surface area contributed by atoms with Crippen LogP contribution in [0, 0.1) is 0 Å². The molecule has 0 atom stereocenters. The zero-order valence-corrected chi connectivity index (χ0v) is 21.8. The first-order valence-corrected chi connectivity index (χ1v) is 13.6. The van der Waals surface area contributed by atoms with E-state index in [4.69, 9.17) is 4.42 Å². The number of anilines is 3. The summed E-state index contributed by atoms with van der Waals surface area (Å²) in [6.07, 6.45) is 0. The number of hydrogen-bond acceptors (Lipinski definition) is 2. The van der Waals surface area contributed by atoms with Gasteiger partial charge in [0.15, 0.2) is 5.58 Å². The summed E-state index contributed by atoms with van der Waals surface area (Å²) >= 11 is 0. The summed E-state index contributed by atoms with van der Waals surface area (Å²) < 4.78 is 6.61. The van der Waals surface area contributed by atoms with Crippen LogP contribution in [-0.2, 0) is 0 Å². The average Bonchev–Trinajstić information content (AvgIpc) is 3.42. The van der Waals surface area contributed by atoms with E-state index in [2.05, 4.69) is 150 Å². The minimum absolute atomic E-state index is 0.891. The first kappa shape index (κ1) is 22.6. The summed E-state index contributed by atoms with van der Waals surface area (Å²) in [5.41, 5.74) is 7.37. The molecule has 1 aromatic heterocycles. The van der Waals surface area contributed by atoms with E-state index in [1.165, 1.54) is 32.7 Å². The smallest absolute Gasteiger partial charge is 0.160 e. The Hall–Kier alpha value is -5.34. The molecule has 0 saturated carbocycles. The molecule has 2 nitrogen and oxygen atoms in total. The molecule has 0 aliphatic heterocycles. The third-order valence-electron chi connectivity index (χ3n) is 7.81. The summed E-state index contributed by atoms with van der Waals surface area (Å²) in [6, 6.07) is 53.7. The van der Waals surface area contributed by atoms with Gasteiger partial charge < -0.3 is 9.32 Å². The topological polar surface area (TPSA) is 16.4 Å². The Morgan fingerprint density at radius 1 is 0.425 bits per heavy atom. The lowest BCUT2D eigenvalue weighted by molar-refractivity contribution is 0.669. The third kappa shape index (κ3) is 3.65. The molecular weight excluding hydrogens is 486 g/mol. The highest BCUT2D eigenvalue weighted by Crippen LogP contribution is 2.45. The Morgan fingerprint density at radius 2 is 1.05 bits per heavy atom. The predicted molar refractivity (Wildman–Crippen MR) is 169 cm³/mol. The van der Waals surface area contributed by atoms with Gasteiger partial charge in [0, 0.05) is 22.1 Å². The average molecular weight is 512 g/mol. The number of nitrogens with zero attached hydrogens (tertiary/aromatic N) is 1. The van der Waals surface area contributed by atoms with Crippen LogP contribution in [0.3, 0.4) is 0 Å². The minimum atomic E-state index is 0.891. The van der Waals surface area contributed by atoms with Crippen LogP contribution in [0.2, 0.25) is 0 Å². The van der Waals surface area contributed by atoms with Gasteiger partial charge in [0.05, 0.1) is 5.69 Å². The number of benzene rings is 7. The van der Waals surface area contributed by atoms with Crippen molar-refractivity contribution in [3.05, 3.63) is 152 Å². The largest absolute Gasteiger partial charge is 0.454 e. The van der Waals surface area contributed by atoms with E-state index in [1.807, 2.05) is 6.07 Å². The Morgan fingerprint density at radius 3 is 1.88 bits per heavy atom. The second-order valence-electron chi connectivity index (χ2n) is 10.2. The number of para-hydroxylation sites is 2. The van der Waals surface area contributed by atoms with Gasteiger partial charge in [-0.05, 0) is 75.1 Å². The van der Waals surface area contributed by atoms with E-state index < -0.39 is 0 Å². The fourth-order valence-electron chi connectivity index (χ4n) is 5.90. The SMILES string of the molecule is c1ccc(N(c2ccc(-c3ccc4ccccc4c3)cc2)c2cc3ccccc3c3c2oc2ccccc23)cc1. The van der Waals surface area contributed by atoms with Gasteiger partial charge in [-0.2, -0.15) is 0 Å². The molecule has 188 valence electrons. The molecule has 0 N–H and O–H groups in total. The van der Waals surface area contributed by atoms with Crippen molar-refractivity contribution in [2.75, 3.05) is 4.90 Å². The van der Waals surface area contributed by atoms with Crippen LogP contribution in [0.4, 0.5) is 17.1 Å². The second kappa shape index (κ2) is 9.14. The van der Waals surface area contributed by atoms with Gasteiger partial charge in [-0.15, -0.1) is 0 Å². The molecule has 7 aromatic carbocycles. The van der Waals surface area contributed by atoms with E-state index in [0.717, 1.165) is 39.0 Å². The van der Waals surface area contributed by atoms with Crippen molar-refractivity contribution in [1.82, 2.24) is 0 Å². The summed E-state index contributed by atoms with van der Waals surface area (Å²) in [7, 11) is 0. The number of rotatable bonds is 4. The predicted octanol–water partition coefficient (Wildman–Crippen LogP) is 11.0. The summed E-state index contributed by atoms with van der Waals surface area (Å²) in [5, 5.41) is 7.17. The van der Waals surface area contributed by atoms with Crippen LogP contribution in [-0.4, -0.2) is 0 Å². The molecule has 0 fully saturated rings. The van der Waals surface area contributed by atoms with Crippen molar-refractivity contribution >= 4 is 60.5 Å². The van der Waals surface area contributed by atoms with Crippen molar-refractivity contribution in [2.24, 2.45) is 0 Å². The maximum atomic E-state index is 6.61. The first-order chi connectivity index (χ1) is 19.8. The molecule has 8 rings (SSSR count).